The van der Waals surface area contributed by atoms with Crippen LogP contribution in [0.3, 0.4) is 0 Å². The Kier molecular flexibility index (Phi) is 5.45. The summed E-state index contributed by atoms with van der Waals surface area (Å²) in [6, 6.07) is 12.5. The molecular formula is C16H14N2O6. The van der Waals surface area contributed by atoms with E-state index in [4.69, 9.17) is 4.74 Å². The van der Waals surface area contributed by atoms with Crippen molar-refractivity contribution in [3.8, 4) is 0 Å². The Morgan fingerprint density at radius 3 is 2.50 bits per heavy atom. The number of benzene rings is 2. The van der Waals surface area contributed by atoms with Crippen LogP contribution < -0.4 is 5.32 Å². The summed E-state index contributed by atoms with van der Waals surface area (Å²) in [5.74, 6) is -1.35. The molecule has 0 saturated heterocycles. The van der Waals surface area contributed by atoms with E-state index in [0.717, 1.165) is 11.6 Å². The number of aliphatic carboxylic acids is 1. The van der Waals surface area contributed by atoms with Crippen LogP contribution in [0.1, 0.15) is 17.2 Å². The van der Waals surface area contributed by atoms with E-state index >= 15 is 0 Å². The second kappa shape index (κ2) is 7.73. The molecule has 0 heterocycles. The minimum Gasteiger partial charge on any atom is -0.479 e. The van der Waals surface area contributed by atoms with Gasteiger partial charge >= 0.3 is 12.1 Å². The first-order valence-corrected chi connectivity index (χ1v) is 6.92. The first kappa shape index (κ1) is 16.9. The first-order chi connectivity index (χ1) is 11.5. The molecule has 24 heavy (non-hydrogen) atoms. The van der Waals surface area contributed by atoms with Gasteiger partial charge in [-0.3, -0.25) is 10.1 Å². The fourth-order valence-corrected chi connectivity index (χ4v) is 1.99. The van der Waals surface area contributed by atoms with Crippen molar-refractivity contribution in [3.63, 3.8) is 0 Å². The van der Waals surface area contributed by atoms with E-state index < -0.39 is 23.0 Å². The quantitative estimate of drug-likeness (QED) is 0.621. The van der Waals surface area contributed by atoms with Gasteiger partial charge in [0.2, 0.25) is 0 Å². The third-order valence-corrected chi connectivity index (χ3v) is 3.14. The molecule has 2 rings (SSSR count). The second-order valence-corrected chi connectivity index (χ2v) is 4.83. The third kappa shape index (κ3) is 4.54. The molecule has 2 aromatic carbocycles. The lowest BCUT2D eigenvalue weighted by Crippen LogP contribution is -2.34. The maximum Gasteiger partial charge on any atom is 0.408 e. The molecule has 2 N–H and O–H groups in total. The standard InChI is InChI=1S/C16H14N2O6/c19-15(20)14(12-7-4-8-13(9-12)18(22)23)17-16(21)24-10-11-5-2-1-3-6-11/h1-9,14H,10H2,(H,17,21)(H,19,20)/t14-/m0/s1. The lowest BCUT2D eigenvalue weighted by Gasteiger charge is -2.15. The summed E-state index contributed by atoms with van der Waals surface area (Å²) >= 11 is 0. The second-order valence-electron chi connectivity index (χ2n) is 4.83. The molecule has 1 atom stereocenters. The smallest absolute Gasteiger partial charge is 0.408 e. The molecular weight excluding hydrogens is 316 g/mol. The van der Waals surface area contributed by atoms with Crippen LogP contribution in [0.4, 0.5) is 10.5 Å². The predicted octanol–water partition coefficient (Wildman–Crippen LogP) is 2.65. The number of ether oxygens (including phenoxy) is 1. The van der Waals surface area contributed by atoms with Crippen LogP contribution in [0.5, 0.6) is 0 Å². The Hall–Kier alpha value is -3.42. The zero-order chi connectivity index (χ0) is 17.5. The maximum absolute atomic E-state index is 11.8. The van der Waals surface area contributed by atoms with Gasteiger partial charge in [-0.2, -0.15) is 0 Å². The van der Waals surface area contributed by atoms with Crippen LogP contribution >= 0.6 is 0 Å². The number of amides is 1. The number of nitrogens with one attached hydrogen (secondary N) is 1. The molecule has 0 fully saturated rings. The van der Waals surface area contributed by atoms with Crippen LogP contribution in [-0.4, -0.2) is 22.1 Å². The van der Waals surface area contributed by atoms with Gasteiger partial charge in [-0.25, -0.2) is 9.59 Å². The van der Waals surface area contributed by atoms with Gasteiger partial charge in [0.05, 0.1) is 4.92 Å². The number of carbonyl (C=O) groups is 2. The molecule has 1 amide bonds. The number of alkyl carbamates (subject to hydrolysis) is 1. The number of rotatable bonds is 6. The molecule has 8 nitrogen and oxygen atoms in total. The van der Waals surface area contributed by atoms with E-state index in [9.17, 15) is 24.8 Å². The molecule has 0 bridgehead atoms. The van der Waals surface area contributed by atoms with Crippen LogP contribution in [0.25, 0.3) is 0 Å². The van der Waals surface area contributed by atoms with Gasteiger partial charge in [0.15, 0.2) is 6.04 Å². The summed E-state index contributed by atoms with van der Waals surface area (Å²) < 4.78 is 4.96. The van der Waals surface area contributed by atoms with E-state index in [1.165, 1.54) is 18.2 Å². The van der Waals surface area contributed by atoms with Crippen molar-refractivity contribution in [3.05, 3.63) is 75.8 Å². The number of carbonyl (C=O) groups excluding carboxylic acids is 1. The number of hydrogen-bond donors (Lipinski definition) is 2. The van der Waals surface area contributed by atoms with Gasteiger partial charge in [0, 0.05) is 12.1 Å². The SMILES string of the molecule is O=C(N[C@H](C(=O)O)c1cccc([N+](=O)[O-])c1)OCc1ccccc1. The summed E-state index contributed by atoms with van der Waals surface area (Å²) in [7, 11) is 0. The summed E-state index contributed by atoms with van der Waals surface area (Å²) in [6.07, 6.45) is -0.933. The Morgan fingerprint density at radius 1 is 1.17 bits per heavy atom. The number of nitrogens with zero attached hydrogens (tertiary/aromatic N) is 1. The lowest BCUT2D eigenvalue weighted by molar-refractivity contribution is -0.384. The minimum atomic E-state index is -1.45. The molecule has 8 heteroatoms. The Labute approximate surface area is 136 Å². The number of hydrogen-bond acceptors (Lipinski definition) is 5. The van der Waals surface area contributed by atoms with Gasteiger partial charge in [0.25, 0.3) is 5.69 Å². The molecule has 0 unspecified atom stereocenters. The van der Waals surface area contributed by atoms with Gasteiger partial charge in [0.1, 0.15) is 6.61 Å². The van der Waals surface area contributed by atoms with Crippen molar-refractivity contribution in [1.82, 2.24) is 5.32 Å². The topological polar surface area (TPSA) is 119 Å². The summed E-state index contributed by atoms with van der Waals surface area (Å²) in [5.41, 5.74) is 0.557. The fourth-order valence-electron chi connectivity index (χ4n) is 1.99. The van der Waals surface area contributed by atoms with Gasteiger partial charge in [-0.05, 0) is 11.1 Å². The molecule has 0 aliphatic heterocycles. The van der Waals surface area contributed by atoms with Crippen molar-refractivity contribution in [1.29, 1.82) is 0 Å². The van der Waals surface area contributed by atoms with Crippen LogP contribution in [0.15, 0.2) is 54.6 Å². The van der Waals surface area contributed by atoms with Crippen molar-refractivity contribution < 1.29 is 24.4 Å². The highest BCUT2D eigenvalue weighted by Crippen LogP contribution is 2.20. The number of carboxylic acid groups (broad SMARTS) is 1. The zero-order valence-corrected chi connectivity index (χ0v) is 12.4. The van der Waals surface area contributed by atoms with Crippen LogP contribution in [0, 0.1) is 10.1 Å². The van der Waals surface area contributed by atoms with E-state index in [0.29, 0.717) is 0 Å². The van der Waals surface area contributed by atoms with Gasteiger partial charge in [-0.1, -0.05) is 42.5 Å². The molecule has 0 aromatic heterocycles. The predicted molar refractivity (Wildman–Crippen MR) is 83.2 cm³/mol. The van der Waals surface area contributed by atoms with Crippen molar-refractivity contribution in [2.75, 3.05) is 0 Å². The number of nitro groups is 1. The highest BCUT2D eigenvalue weighted by atomic mass is 16.6. The largest absolute Gasteiger partial charge is 0.479 e. The Bertz CT molecular complexity index is 747. The summed E-state index contributed by atoms with van der Waals surface area (Å²) in [5, 5.41) is 22.2. The number of nitro benzene ring substituents is 1. The highest BCUT2D eigenvalue weighted by Gasteiger charge is 2.24. The summed E-state index contributed by atoms with van der Waals surface area (Å²) in [6.45, 7) is -0.0199. The molecule has 0 aliphatic carbocycles. The molecule has 0 saturated carbocycles. The van der Waals surface area contributed by atoms with Crippen molar-refractivity contribution >= 4 is 17.7 Å². The van der Waals surface area contributed by atoms with Gasteiger partial charge in [-0.15, -0.1) is 0 Å². The minimum absolute atomic E-state index is 0.0199. The van der Waals surface area contributed by atoms with Crippen molar-refractivity contribution in [2.45, 2.75) is 12.6 Å². The first-order valence-electron chi connectivity index (χ1n) is 6.92. The zero-order valence-electron chi connectivity index (χ0n) is 12.4. The Balaban J connectivity index is 2.05. The molecule has 2 aromatic rings. The van der Waals surface area contributed by atoms with E-state index in [2.05, 4.69) is 5.32 Å². The molecule has 0 radical (unpaired) electrons. The highest BCUT2D eigenvalue weighted by molar-refractivity contribution is 5.81. The van der Waals surface area contributed by atoms with Crippen molar-refractivity contribution in [2.24, 2.45) is 0 Å². The monoisotopic (exact) mass is 330 g/mol. The fraction of sp³-hybridized carbons (Fsp3) is 0.125. The summed E-state index contributed by atoms with van der Waals surface area (Å²) in [4.78, 5) is 33.3. The normalized spacial score (nSPS) is 11.3. The molecule has 124 valence electrons. The average molecular weight is 330 g/mol. The number of non-ortho nitro benzene ring substituents is 1. The third-order valence-electron chi connectivity index (χ3n) is 3.14. The number of carboxylic acids is 1. The average Bonchev–Trinajstić information content (AvgIpc) is 2.58. The lowest BCUT2D eigenvalue weighted by atomic mass is 10.1. The van der Waals surface area contributed by atoms with Gasteiger partial charge < -0.3 is 15.2 Å². The van der Waals surface area contributed by atoms with E-state index in [1.807, 2.05) is 6.07 Å². The van der Waals surface area contributed by atoms with E-state index in [1.54, 1.807) is 24.3 Å². The molecule has 0 aliphatic rings. The Morgan fingerprint density at radius 2 is 1.88 bits per heavy atom. The van der Waals surface area contributed by atoms with E-state index in [-0.39, 0.29) is 17.9 Å². The van der Waals surface area contributed by atoms with Crippen LogP contribution in [-0.2, 0) is 16.1 Å². The maximum atomic E-state index is 11.8. The van der Waals surface area contributed by atoms with Crippen LogP contribution in [0.2, 0.25) is 0 Å². The molecule has 0 spiro atoms.